The van der Waals surface area contributed by atoms with Gasteiger partial charge in [0.2, 0.25) is 0 Å². The Kier molecular flexibility index (Phi) is 3.78. The number of carbonyl (C=O) groups is 1. The summed E-state index contributed by atoms with van der Waals surface area (Å²) < 4.78 is 0. The number of nitrogens with one attached hydrogen (secondary N) is 1. The van der Waals surface area contributed by atoms with Crippen LogP contribution >= 0.6 is 0 Å². The minimum atomic E-state index is 0.0360. The number of rotatable bonds is 2. The molecule has 1 unspecified atom stereocenters. The maximum Gasteiger partial charge on any atom is 0.254 e. The van der Waals surface area contributed by atoms with Crippen LogP contribution in [0.3, 0.4) is 0 Å². The van der Waals surface area contributed by atoms with Crippen molar-refractivity contribution in [2.24, 2.45) is 5.84 Å². The van der Waals surface area contributed by atoms with Crippen LogP contribution in [0.25, 0.3) is 0 Å². The summed E-state index contributed by atoms with van der Waals surface area (Å²) in [6.07, 6.45) is 1.59. The Bertz CT molecular complexity index is 436. The first kappa shape index (κ1) is 12.8. The molecule has 0 aliphatic carbocycles. The summed E-state index contributed by atoms with van der Waals surface area (Å²) in [5.41, 5.74) is 3.07. The van der Waals surface area contributed by atoms with Gasteiger partial charge in [-0.15, -0.1) is 0 Å². The van der Waals surface area contributed by atoms with E-state index in [1.54, 1.807) is 18.3 Å². The van der Waals surface area contributed by atoms with Gasteiger partial charge in [0, 0.05) is 37.4 Å². The lowest BCUT2D eigenvalue weighted by atomic mass is 10.1. The zero-order chi connectivity index (χ0) is 13.1. The topological polar surface area (TPSA) is 74.5 Å². The van der Waals surface area contributed by atoms with Gasteiger partial charge in [0.1, 0.15) is 5.82 Å². The van der Waals surface area contributed by atoms with Crippen molar-refractivity contribution >= 4 is 11.7 Å². The molecule has 6 heteroatoms. The third kappa shape index (κ3) is 2.60. The molecule has 1 fully saturated rings. The van der Waals surface area contributed by atoms with E-state index in [1.165, 1.54) is 0 Å². The normalized spacial score (nSPS) is 20.8. The number of nitrogens with zero attached hydrogens (tertiary/aromatic N) is 3. The van der Waals surface area contributed by atoms with Crippen LogP contribution in [0.1, 0.15) is 17.3 Å². The summed E-state index contributed by atoms with van der Waals surface area (Å²) in [6.45, 7) is 4.54. The highest BCUT2D eigenvalue weighted by molar-refractivity contribution is 5.94. The molecule has 1 amide bonds. The molecule has 0 saturated carbocycles. The van der Waals surface area contributed by atoms with Crippen LogP contribution in [0.2, 0.25) is 0 Å². The molecule has 2 heterocycles. The number of hydrazine groups is 1. The monoisotopic (exact) mass is 249 g/mol. The largest absolute Gasteiger partial charge is 0.336 e. The van der Waals surface area contributed by atoms with Crippen molar-refractivity contribution in [2.45, 2.75) is 13.0 Å². The van der Waals surface area contributed by atoms with Crippen molar-refractivity contribution in [3.8, 4) is 0 Å². The summed E-state index contributed by atoms with van der Waals surface area (Å²) in [7, 11) is 2.08. The summed E-state index contributed by atoms with van der Waals surface area (Å²) in [5.74, 6) is 5.83. The van der Waals surface area contributed by atoms with Crippen molar-refractivity contribution in [2.75, 3.05) is 32.1 Å². The van der Waals surface area contributed by atoms with Crippen molar-refractivity contribution in [3.05, 3.63) is 23.9 Å². The highest BCUT2D eigenvalue weighted by atomic mass is 16.2. The van der Waals surface area contributed by atoms with Crippen LogP contribution in [0.15, 0.2) is 18.3 Å². The van der Waals surface area contributed by atoms with Gasteiger partial charge in [0.25, 0.3) is 5.91 Å². The molecule has 0 radical (unpaired) electrons. The Morgan fingerprint density at radius 3 is 3.00 bits per heavy atom. The number of piperazine rings is 1. The van der Waals surface area contributed by atoms with E-state index in [-0.39, 0.29) is 5.91 Å². The number of nitrogens with two attached hydrogens (primary N) is 1. The number of amides is 1. The molecular weight excluding hydrogens is 230 g/mol. The molecule has 1 aliphatic heterocycles. The van der Waals surface area contributed by atoms with Crippen molar-refractivity contribution < 1.29 is 4.79 Å². The first-order valence-corrected chi connectivity index (χ1v) is 6.04. The van der Waals surface area contributed by atoms with E-state index in [2.05, 4.69) is 29.3 Å². The number of likely N-dealkylation sites (N-methyl/N-ethyl adjacent to an activating group) is 1. The Balaban J connectivity index is 2.11. The summed E-state index contributed by atoms with van der Waals surface area (Å²) in [6, 6.07) is 3.77. The molecule has 2 rings (SSSR count). The number of carbonyl (C=O) groups excluding carboxylic acids is 1. The van der Waals surface area contributed by atoms with E-state index in [1.807, 2.05) is 4.90 Å². The zero-order valence-electron chi connectivity index (χ0n) is 10.8. The fourth-order valence-corrected chi connectivity index (χ4v) is 2.06. The summed E-state index contributed by atoms with van der Waals surface area (Å²) in [4.78, 5) is 20.5. The predicted molar refractivity (Wildman–Crippen MR) is 70.0 cm³/mol. The smallest absolute Gasteiger partial charge is 0.254 e. The minimum absolute atomic E-state index is 0.0360. The second kappa shape index (κ2) is 5.32. The lowest BCUT2D eigenvalue weighted by Crippen LogP contribution is -2.52. The second-order valence-corrected chi connectivity index (χ2v) is 4.65. The average molecular weight is 249 g/mol. The third-order valence-corrected chi connectivity index (χ3v) is 3.40. The van der Waals surface area contributed by atoms with Crippen LogP contribution in [0.5, 0.6) is 0 Å². The van der Waals surface area contributed by atoms with Crippen LogP contribution < -0.4 is 11.3 Å². The number of hydrogen-bond acceptors (Lipinski definition) is 5. The first-order chi connectivity index (χ1) is 8.61. The van der Waals surface area contributed by atoms with Gasteiger partial charge in [0.15, 0.2) is 0 Å². The Morgan fingerprint density at radius 2 is 2.33 bits per heavy atom. The van der Waals surface area contributed by atoms with Gasteiger partial charge in [-0.1, -0.05) is 0 Å². The minimum Gasteiger partial charge on any atom is -0.336 e. The van der Waals surface area contributed by atoms with Crippen LogP contribution in [-0.4, -0.2) is 53.4 Å². The molecule has 1 aromatic heterocycles. The molecule has 0 aromatic carbocycles. The maximum atomic E-state index is 12.3. The van der Waals surface area contributed by atoms with Gasteiger partial charge in [-0.25, -0.2) is 10.8 Å². The fourth-order valence-electron chi connectivity index (χ4n) is 2.06. The summed E-state index contributed by atoms with van der Waals surface area (Å²) >= 11 is 0. The van der Waals surface area contributed by atoms with Gasteiger partial charge in [-0.3, -0.25) is 4.79 Å². The molecule has 1 atom stereocenters. The van der Waals surface area contributed by atoms with Crippen molar-refractivity contribution in [1.29, 1.82) is 0 Å². The molecule has 3 N–H and O–H groups in total. The molecule has 6 nitrogen and oxygen atoms in total. The standard InChI is InChI=1S/C12H19N5O/c1-9-8-17(6-5-16(9)2)12(18)10-3-4-14-11(7-10)15-13/h3-4,7,9H,5-6,8,13H2,1-2H3,(H,14,15). The van der Waals surface area contributed by atoms with E-state index in [0.717, 1.165) is 19.6 Å². The van der Waals surface area contributed by atoms with Gasteiger partial charge < -0.3 is 15.2 Å². The van der Waals surface area contributed by atoms with E-state index in [9.17, 15) is 4.79 Å². The molecule has 1 aliphatic rings. The lowest BCUT2D eigenvalue weighted by Gasteiger charge is -2.37. The van der Waals surface area contributed by atoms with Crippen molar-refractivity contribution in [3.63, 3.8) is 0 Å². The van der Waals surface area contributed by atoms with Gasteiger partial charge >= 0.3 is 0 Å². The lowest BCUT2D eigenvalue weighted by molar-refractivity contribution is 0.0572. The van der Waals surface area contributed by atoms with Crippen molar-refractivity contribution in [1.82, 2.24) is 14.8 Å². The number of aromatic nitrogens is 1. The van der Waals surface area contributed by atoms with Gasteiger partial charge in [-0.05, 0) is 26.1 Å². The zero-order valence-corrected chi connectivity index (χ0v) is 10.8. The molecule has 98 valence electrons. The van der Waals surface area contributed by atoms with Crippen LogP contribution in [-0.2, 0) is 0 Å². The molecule has 0 spiro atoms. The van der Waals surface area contributed by atoms with Gasteiger partial charge in [-0.2, -0.15) is 0 Å². The first-order valence-electron chi connectivity index (χ1n) is 6.04. The van der Waals surface area contributed by atoms with E-state index >= 15 is 0 Å². The predicted octanol–water partition coefficient (Wildman–Crippen LogP) is 0.143. The number of nitrogen functional groups attached to an aromatic ring is 1. The summed E-state index contributed by atoms with van der Waals surface area (Å²) in [5, 5.41) is 0. The Morgan fingerprint density at radius 1 is 1.56 bits per heavy atom. The Hall–Kier alpha value is -1.66. The Labute approximate surface area is 107 Å². The highest BCUT2D eigenvalue weighted by Crippen LogP contribution is 2.13. The van der Waals surface area contributed by atoms with E-state index < -0.39 is 0 Å². The number of anilines is 1. The van der Waals surface area contributed by atoms with Gasteiger partial charge in [0.05, 0.1) is 0 Å². The molecule has 1 saturated heterocycles. The van der Waals surface area contributed by atoms with Crippen LogP contribution in [0.4, 0.5) is 5.82 Å². The van der Waals surface area contributed by atoms with E-state index in [4.69, 9.17) is 5.84 Å². The maximum absolute atomic E-state index is 12.3. The van der Waals surface area contributed by atoms with Crippen LogP contribution in [0, 0.1) is 0 Å². The number of pyridine rings is 1. The SMILES string of the molecule is CC1CN(C(=O)c2ccnc(NN)c2)CCN1C. The number of hydrogen-bond donors (Lipinski definition) is 2. The second-order valence-electron chi connectivity index (χ2n) is 4.65. The van der Waals surface area contributed by atoms with E-state index in [0.29, 0.717) is 17.4 Å². The average Bonchev–Trinajstić information content (AvgIpc) is 2.41. The molecule has 0 bridgehead atoms. The molecule has 1 aromatic rings. The third-order valence-electron chi connectivity index (χ3n) is 3.40. The quantitative estimate of drug-likeness (QED) is 0.576. The highest BCUT2D eigenvalue weighted by Gasteiger charge is 2.25. The molecular formula is C12H19N5O. The fraction of sp³-hybridized carbons (Fsp3) is 0.500. The molecule has 18 heavy (non-hydrogen) atoms.